The molecular formula is C4H5NO6. The lowest BCUT2D eigenvalue weighted by Crippen LogP contribution is -2.36. The number of carbonyl (C=O) groups is 2. The van der Waals surface area contributed by atoms with Crippen LogP contribution in [0.15, 0.2) is 0 Å². The molecule has 1 saturated heterocycles. The highest BCUT2D eigenvalue weighted by Crippen LogP contribution is 2.00. The van der Waals surface area contributed by atoms with Gasteiger partial charge in [0.1, 0.15) is 6.04 Å². The Morgan fingerprint density at radius 1 is 1.27 bits per heavy atom. The number of hydrogen-bond donors (Lipinski definition) is 1. The van der Waals surface area contributed by atoms with Crippen molar-refractivity contribution in [2.75, 3.05) is 0 Å². The molecule has 0 aliphatic carbocycles. The minimum Gasteiger partial charge on any atom is -0.318 e. The molecule has 1 aliphatic rings. The molecular weight excluding hydrogens is 158 g/mol. The highest BCUT2D eigenvalue weighted by Gasteiger charge is 2.24. The standard InChI is InChI=1S/C4H5NO6/c5-2-1-3(6)8-10-11-9-4(2)7/h2H,1,5H2/t2-/m0/s1. The first kappa shape index (κ1) is 7.92. The van der Waals surface area contributed by atoms with Gasteiger partial charge in [-0.25, -0.2) is 9.59 Å². The van der Waals surface area contributed by atoms with Crippen molar-refractivity contribution in [3.05, 3.63) is 0 Å². The van der Waals surface area contributed by atoms with E-state index in [9.17, 15) is 9.59 Å². The summed E-state index contributed by atoms with van der Waals surface area (Å²) in [4.78, 5) is 28.8. The van der Waals surface area contributed by atoms with Crippen LogP contribution in [0.5, 0.6) is 0 Å². The van der Waals surface area contributed by atoms with Crippen LogP contribution in [-0.2, 0) is 29.4 Å². The predicted octanol–water partition coefficient (Wildman–Crippen LogP) is -1.42. The van der Waals surface area contributed by atoms with Crippen LogP contribution in [0, 0.1) is 0 Å². The Kier molecular flexibility index (Phi) is 2.36. The van der Waals surface area contributed by atoms with E-state index >= 15 is 0 Å². The van der Waals surface area contributed by atoms with Gasteiger partial charge in [0, 0.05) is 10.1 Å². The zero-order chi connectivity index (χ0) is 8.27. The van der Waals surface area contributed by atoms with Crippen molar-refractivity contribution in [3.8, 4) is 0 Å². The number of carbonyl (C=O) groups excluding carboxylic acids is 2. The Balaban J connectivity index is 2.51. The molecule has 2 N–H and O–H groups in total. The smallest absolute Gasteiger partial charge is 0.318 e. The summed E-state index contributed by atoms with van der Waals surface area (Å²) >= 11 is 0. The third-order valence-electron chi connectivity index (χ3n) is 0.960. The first-order valence-corrected chi connectivity index (χ1v) is 2.70. The first-order valence-electron chi connectivity index (χ1n) is 2.70. The fourth-order valence-electron chi connectivity index (χ4n) is 0.458. The predicted molar refractivity (Wildman–Crippen MR) is 26.9 cm³/mol. The van der Waals surface area contributed by atoms with Crippen LogP contribution >= 0.6 is 0 Å². The molecule has 0 aromatic carbocycles. The molecule has 0 amide bonds. The van der Waals surface area contributed by atoms with E-state index < -0.39 is 18.0 Å². The summed E-state index contributed by atoms with van der Waals surface area (Å²) in [6.07, 6.45) is -0.303. The Hall–Kier alpha value is -1.18. The second kappa shape index (κ2) is 3.28. The molecule has 11 heavy (non-hydrogen) atoms. The lowest BCUT2D eigenvalue weighted by atomic mass is 10.2. The summed E-state index contributed by atoms with van der Waals surface area (Å²) < 4.78 is 0. The third kappa shape index (κ3) is 2.15. The largest absolute Gasteiger partial charge is 0.362 e. The summed E-state index contributed by atoms with van der Waals surface area (Å²) in [6.45, 7) is 0. The molecule has 1 fully saturated rings. The number of rotatable bonds is 0. The van der Waals surface area contributed by atoms with Crippen LogP contribution in [0.2, 0.25) is 0 Å². The fraction of sp³-hybridized carbons (Fsp3) is 0.500. The topological polar surface area (TPSA) is 97.1 Å². The van der Waals surface area contributed by atoms with E-state index in [0.717, 1.165) is 0 Å². The normalized spacial score (nSPS) is 26.5. The average Bonchev–Trinajstić information content (AvgIpc) is 1.95. The van der Waals surface area contributed by atoms with Crippen LogP contribution in [0.25, 0.3) is 0 Å². The van der Waals surface area contributed by atoms with E-state index in [0.29, 0.717) is 0 Å². The molecule has 7 heteroatoms. The summed E-state index contributed by atoms with van der Waals surface area (Å²) in [7, 11) is 0. The highest BCUT2D eigenvalue weighted by molar-refractivity contribution is 5.82. The van der Waals surface area contributed by atoms with E-state index in [2.05, 4.69) is 19.9 Å². The van der Waals surface area contributed by atoms with Gasteiger partial charge in [-0.1, -0.05) is 0 Å². The molecule has 7 nitrogen and oxygen atoms in total. The van der Waals surface area contributed by atoms with Crippen LogP contribution in [0.4, 0.5) is 0 Å². The van der Waals surface area contributed by atoms with Gasteiger partial charge in [0.25, 0.3) is 0 Å². The van der Waals surface area contributed by atoms with Crippen LogP contribution < -0.4 is 5.73 Å². The Labute approximate surface area is 60.7 Å². The van der Waals surface area contributed by atoms with Gasteiger partial charge in [-0.2, -0.15) is 0 Å². The van der Waals surface area contributed by atoms with Gasteiger partial charge in [-0.05, 0) is 0 Å². The quantitative estimate of drug-likeness (QED) is 0.437. The highest BCUT2D eigenvalue weighted by atomic mass is 17.7. The SMILES string of the molecule is N[C@H]1CC(=O)OOOOC1=O. The Morgan fingerprint density at radius 2 is 1.91 bits per heavy atom. The van der Waals surface area contributed by atoms with E-state index in [4.69, 9.17) is 5.73 Å². The van der Waals surface area contributed by atoms with Gasteiger partial charge >= 0.3 is 11.9 Å². The van der Waals surface area contributed by atoms with Crippen LogP contribution in [0.1, 0.15) is 6.42 Å². The van der Waals surface area contributed by atoms with Crippen LogP contribution in [-0.4, -0.2) is 18.0 Å². The molecule has 0 bridgehead atoms. The maximum atomic E-state index is 10.6. The summed E-state index contributed by atoms with van der Waals surface area (Å²) in [5, 5.41) is 7.31. The molecule has 1 aliphatic heterocycles. The molecule has 0 aromatic rings. The van der Waals surface area contributed by atoms with Crippen molar-refractivity contribution in [2.45, 2.75) is 12.5 Å². The molecule has 1 rings (SSSR count). The van der Waals surface area contributed by atoms with Gasteiger partial charge in [-0.3, -0.25) is 9.78 Å². The second-order valence-corrected chi connectivity index (χ2v) is 1.80. The maximum Gasteiger partial charge on any atom is 0.362 e. The Bertz CT molecular complexity index is 179. The van der Waals surface area contributed by atoms with Crippen molar-refractivity contribution in [2.24, 2.45) is 5.73 Å². The van der Waals surface area contributed by atoms with E-state index in [-0.39, 0.29) is 6.42 Å². The van der Waals surface area contributed by atoms with Crippen molar-refractivity contribution >= 4 is 11.9 Å². The zero-order valence-electron chi connectivity index (χ0n) is 5.31. The minimum atomic E-state index is -1.08. The lowest BCUT2D eigenvalue weighted by molar-refractivity contribution is -0.602. The summed E-state index contributed by atoms with van der Waals surface area (Å²) in [6, 6.07) is -1.08. The molecule has 62 valence electrons. The van der Waals surface area contributed by atoms with Gasteiger partial charge in [0.15, 0.2) is 0 Å². The zero-order valence-corrected chi connectivity index (χ0v) is 5.31. The van der Waals surface area contributed by atoms with E-state index in [1.165, 1.54) is 0 Å². The first-order chi connectivity index (χ1) is 5.20. The van der Waals surface area contributed by atoms with Gasteiger partial charge in [0.05, 0.1) is 6.42 Å². The molecule has 1 atom stereocenters. The molecule has 1 heterocycles. The van der Waals surface area contributed by atoms with Crippen molar-refractivity contribution < 1.29 is 29.4 Å². The van der Waals surface area contributed by atoms with E-state index in [1.807, 2.05) is 0 Å². The molecule has 0 spiro atoms. The van der Waals surface area contributed by atoms with Gasteiger partial charge in [0.2, 0.25) is 0 Å². The second-order valence-electron chi connectivity index (χ2n) is 1.80. The third-order valence-corrected chi connectivity index (χ3v) is 0.960. The van der Waals surface area contributed by atoms with Crippen molar-refractivity contribution in [1.82, 2.24) is 0 Å². The molecule has 0 radical (unpaired) electrons. The summed E-state index contributed by atoms with van der Waals surface area (Å²) in [5.41, 5.74) is 5.13. The summed E-state index contributed by atoms with van der Waals surface area (Å²) in [5.74, 6) is -1.68. The van der Waals surface area contributed by atoms with Crippen molar-refractivity contribution in [3.63, 3.8) is 0 Å². The molecule has 0 aromatic heterocycles. The number of hydrogen-bond acceptors (Lipinski definition) is 7. The number of nitrogens with two attached hydrogens (primary N) is 1. The Morgan fingerprint density at radius 3 is 2.64 bits per heavy atom. The average molecular weight is 163 g/mol. The minimum absolute atomic E-state index is 0.303. The van der Waals surface area contributed by atoms with Crippen molar-refractivity contribution in [1.29, 1.82) is 0 Å². The molecule has 0 saturated carbocycles. The lowest BCUT2D eigenvalue weighted by Gasteiger charge is -2.10. The molecule has 0 unspecified atom stereocenters. The van der Waals surface area contributed by atoms with Gasteiger partial charge in [-0.15, -0.1) is 0 Å². The van der Waals surface area contributed by atoms with Crippen LogP contribution in [0.3, 0.4) is 0 Å². The monoisotopic (exact) mass is 163 g/mol. The van der Waals surface area contributed by atoms with E-state index in [1.54, 1.807) is 0 Å². The maximum absolute atomic E-state index is 10.6. The fourth-order valence-corrected chi connectivity index (χ4v) is 0.458. The van der Waals surface area contributed by atoms with Gasteiger partial charge < -0.3 is 5.73 Å².